The third kappa shape index (κ3) is 2.52. The van der Waals surface area contributed by atoms with Gasteiger partial charge >= 0.3 is 5.97 Å². The molecule has 0 amide bonds. The monoisotopic (exact) mass is 279 g/mol. The molecule has 1 aliphatic rings. The van der Waals surface area contributed by atoms with Crippen molar-refractivity contribution >= 4 is 17.3 Å². The number of carboxylic acid groups (broad SMARTS) is 1. The van der Waals surface area contributed by atoms with Crippen molar-refractivity contribution in [3.8, 4) is 11.5 Å². The summed E-state index contributed by atoms with van der Waals surface area (Å²) in [6.45, 7) is 1.18. The number of likely N-dealkylation sites (tertiary alicyclic amines) is 1. The van der Waals surface area contributed by atoms with E-state index in [9.17, 15) is 4.79 Å². The third-order valence-corrected chi connectivity index (χ3v) is 3.91. The van der Waals surface area contributed by atoms with Gasteiger partial charge in [0.15, 0.2) is 5.82 Å². The lowest BCUT2D eigenvalue weighted by molar-refractivity contribution is -0.142. The molecule has 0 aromatic carbocycles. The molecule has 19 heavy (non-hydrogen) atoms. The van der Waals surface area contributed by atoms with Crippen molar-refractivity contribution in [3.05, 3.63) is 22.7 Å². The van der Waals surface area contributed by atoms with Gasteiger partial charge in [-0.3, -0.25) is 9.69 Å². The number of hydrogen-bond acceptors (Lipinski definition) is 6. The van der Waals surface area contributed by atoms with Crippen LogP contribution in [0, 0.1) is 0 Å². The summed E-state index contributed by atoms with van der Waals surface area (Å²) in [4.78, 5) is 17.3. The molecule has 0 radical (unpaired) electrons. The first-order valence-corrected chi connectivity index (χ1v) is 7.00. The maximum absolute atomic E-state index is 11.1. The molecule has 1 unspecified atom stereocenters. The second kappa shape index (κ2) is 5.10. The Kier molecular flexibility index (Phi) is 3.31. The summed E-state index contributed by atoms with van der Waals surface area (Å²) >= 11 is 1.56. The molecule has 1 saturated heterocycles. The molecule has 2 aromatic heterocycles. The molecule has 0 saturated carbocycles. The first-order chi connectivity index (χ1) is 9.24. The smallest absolute Gasteiger partial charge is 0.320 e. The van der Waals surface area contributed by atoms with Crippen LogP contribution in [-0.4, -0.2) is 38.7 Å². The molecule has 1 atom stereocenters. The van der Waals surface area contributed by atoms with E-state index >= 15 is 0 Å². The van der Waals surface area contributed by atoms with Gasteiger partial charge in [-0.1, -0.05) is 5.16 Å². The number of carbonyl (C=O) groups is 1. The van der Waals surface area contributed by atoms with Crippen LogP contribution in [0.15, 0.2) is 21.3 Å². The highest BCUT2D eigenvalue weighted by molar-refractivity contribution is 7.08. The lowest BCUT2D eigenvalue weighted by Crippen LogP contribution is -2.35. The number of nitrogens with zero attached hydrogens (tertiary/aromatic N) is 3. The zero-order valence-corrected chi connectivity index (χ0v) is 11.0. The van der Waals surface area contributed by atoms with E-state index in [1.807, 2.05) is 21.7 Å². The largest absolute Gasteiger partial charge is 0.480 e. The van der Waals surface area contributed by atoms with E-state index in [-0.39, 0.29) is 0 Å². The van der Waals surface area contributed by atoms with E-state index in [1.54, 1.807) is 11.3 Å². The fraction of sp³-hybridized carbons (Fsp3) is 0.417. The second-order valence-corrected chi connectivity index (χ2v) is 5.27. The highest BCUT2D eigenvalue weighted by Gasteiger charge is 2.31. The number of carboxylic acids is 1. The van der Waals surface area contributed by atoms with Crippen LogP contribution < -0.4 is 0 Å². The van der Waals surface area contributed by atoms with E-state index in [2.05, 4.69) is 10.1 Å². The number of hydrogen-bond donors (Lipinski definition) is 1. The van der Waals surface area contributed by atoms with E-state index in [0.29, 0.717) is 24.7 Å². The van der Waals surface area contributed by atoms with E-state index < -0.39 is 12.0 Å². The predicted octanol–water partition coefficient (Wildman–Crippen LogP) is 1.85. The van der Waals surface area contributed by atoms with Crippen molar-refractivity contribution < 1.29 is 14.4 Å². The minimum absolute atomic E-state index is 0.421. The summed E-state index contributed by atoms with van der Waals surface area (Å²) in [5.41, 5.74) is 0.903. The summed E-state index contributed by atoms with van der Waals surface area (Å²) in [7, 11) is 0. The first kappa shape index (κ1) is 12.3. The highest BCUT2D eigenvalue weighted by atomic mass is 32.1. The lowest BCUT2D eigenvalue weighted by Gasteiger charge is -2.18. The molecular weight excluding hydrogens is 266 g/mol. The first-order valence-electron chi connectivity index (χ1n) is 6.06. The molecule has 3 rings (SSSR count). The van der Waals surface area contributed by atoms with Crippen molar-refractivity contribution in [2.45, 2.75) is 25.4 Å². The van der Waals surface area contributed by atoms with Gasteiger partial charge in [0.05, 0.1) is 12.1 Å². The Morgan fingerprint density at radius 2 is 2.53 bits per heavy atom. The van der Waals surface area contributed by atoms with Crippen LogP contribution in [-0.2, 0) is 11.3 Å². The molecule has 2 aromatic rings. The highest BCUT2D eigenvalue weighted by Crippen LogP contribution is 2.22. The van der Waals surface area contributed by atoms with E-state index in [1.165, 1.54) is 0 Å². The van der Waals surface area contributed by atoms with Crippen molar-refractivity contribution in [2.75, 3.05) is 6.54 Å². The third-order valence-electron chi connectivity index (χ3n) is 3.23. The summed E-state index contributed by atoms with van der Waals surface area (Å²) in [5, 5.41) is 16.9. The maximum atomic E-state index is 11.1. The molecule has 0 aliphatic carbocycles. The summed E-state index contributed by atoms with van der Waals surface area (Å²) in [6, 6.07) is 1.49. The zero-order chi connectivity index (χ0) is 13.2. The van der Waals surface area contributed by atoms with Gasteiger partial charge in [0.2, 0.25) is 0 Å². The Morgan fingerprint density at radius 3 is 3.26 bits per heavy atom. The van der Waals surface area contributed by atoms with Gasteiger partial charge < -0.3 is 9.63 Å². The predicted molar refractivity (Wildman–Crippen MR) is 68.7 cm³/mol. The van der Waals surface area contributed by atoms with Crippen LogP contribution in [0.5, 0.6) is 0 Å². The van der Waals surface area contributed by atoms with Gasteiger partial charge in [-0.25, -0.2) is 0 Å². The summed E-state index contributed by atoms with van der Waals surface area (Å²) in [5.74, 6) is 0.246. The Morgan fingerprint density at radius 1 is 1.63 bits per heavy atom. The quantitative estimate of drug-likeness (QED) is 0.920. The molecule has 1 fully saturated rings. The molecule has 0 bridgehead atoms. The van der Waals surface area contributed by atoms with Crippen LogP contribution in [0.1, 0.15) is 18.7 Å². The van der Waals surface area contributed by atoms with Crippen LogP contribution in [0.4, 0.5) is 0 Å². The number of aliphatic carboxylic acids is 1. The average molecular weight is 279 g/mol. The van der Waals surface area contributed by atoms with Gasteiger partial charge in [0, 0.05) is 5.38 Å². The Bertz CT molecular complexity index is 567. The standard InChI is InChI=1S/C12H13N3O3S/c16-12(17)9-2-1-4-15(9)6-10-13-11(18-14-10)8-3-5-19-7-8/h3,5,7,9H,1-2,4,6H2,(H,16,17). The van der Waals surface area contributed by atoms with Crippen LogP contribution in [0.2, 0.25) is 0 Å². The number of rotatable bonds is 4. The molecular formula is C12H13N3O3S. The van der Waals surface area contributed by atoms with Crippen molar-refractivity contribution in [1.29, 1.82) is 0 Å². The average Bonchev–Trinajstić information content (AvgIpc) is 3.09. The van der Waals surface area contributed by atoms with Crippen molar-refractivity contribution in [3.63, 3.8) is 0 Å². The molecule has 0 spiro atoms. The maximum Gasteiger partial charge on any atom is 0.320 e. The summed E-state index contributed by atoms with van der Waals surface area (Å²) < 4.78 is 5.19. The molecule has 3 heterocycles. The minimum atomic E-state index is -0.779. The number of aromatic nitrogens is 2. The fourth-order valence-electron chi connectivity index (χ4n) is 2.30. The lowest BCUT2D eigenvalue weighted by atomic mass is 10.2. The molecule has 7 heteroatoms. The normalized spacial score (nSPS) is 19.9. The van der Waals surface area contributed by atoms with Gasteiger partial charge in [0.1, 0.15) is 6.04 Å². The molecule has 1 N–H and O–H groups in total. The summed E-state index contributed by atoms with van der Waals surface area (Å²) in [6.07, 6.45) is 1.58. The van der Waals surface area contributed by atoms with Crippen molar-refractivity contribution in [2.24, 2.45) is 0 Å². The Balaban J connectivity index is 1.72. The van der Waals surface area contributed by atoms with E-state index in [0.717, 1.165) is 18.5 Å². The Labute approximate surface area is 113 Å². The fourth-order valence-corrected chi connectivity index (χ4v) is 2.93. The van der Waals surface area contributed by atoms with Gasteiger partial charge in [-0.15, -0.1) is 0 Å². The number of thiophene rings is 1. The van der Waals surface area contributed by atoms with Crippen LogP contribution in [0.25, 0.3) is 11.5 Å². The molecule has 6 nitrogen and oxygen atoms in total. The van der Waals surface area contributed by atoms with Crippen molar-refractivity contribution in [1.82, 2.24) is 15.0 Å². The van der Waals surface area contributed by atoms with Gasteiger partial charge in [-0.2, -0.15) is 16.3 Å². The van der Waals surface area contributed by atoms with E-state index in [4.69, 9.17) is 9.63 Å². The molecule has 100 valence electrons. The second-order valence-electron chi connectivity index (χ2n) is 4.49. The van der Waals surface area contributed by atoms with Crippen LogP contribution in [0.3, 0.4) is 0 Å². The zero-order valence-electron chi connectivity index (χ0n) is 10.2. The Hall–Kier alpha value is -1.73. The topological polar surface area (TPSA) is 79.5 Å². The SMILES string of the molecule is O=C(O)C1CCCN1Cc1noc(-c2ccsc2)n1. The van der Waals surface area contributed by atoms with Gasteiger partial charge in [0.25, 0.3) is 5.89 Å². The molecule has 1 aliphatic heterocycles. The van der Waals surface area contributed by atoms with Gasteiger partial charge in [-0.05, 0) is 30.8 Å². The van der Waals surface area contributed by atoms with Crippen LogP contribution >= 0.6 is 11.3 Å². The minimum Gasteiger partial charge on any atom is -0.480 e.